The van der Waals surface area contributed by atoms with Crippen molar-refractivity contribution in [3.8, 4) is 6.07 Å². The summed E-state index contributed by atoms with van der Waals surface area (Å²) in [4.78, 5) is 38.1. The van der Waals surface area contributed by atoms with E-state index in [0.717, 1.165) is 4.90 Å². The molecule has 1 atom stereocenters. The topological polar surface area (TPSA) is 93.5 Å². The third-order valence-electron chi connectivity index (χ3n) is 3.38. The lowest BCUT2D eigenvalue weighted by Crippen LogP contribution is -2.54. The van der Waals surface area contributed by atoms with E-state index in [4.69, 9.17) is 5.26 Å². The Morgan fingerprint density at radius 3 is 2.55 bits per heavy atom. The molecule has 4 amide bonds. The van der Waals surface area contributed by atoms with Gasteiger partial charge in [-0.25, -0.2) is 9.69 Å². The van der Waals surface area contributed by atoms with Gasteiger partial charge in [0.25, 0.3) is 5.91 Å². The van der Waals surface area contributed by atoms with Gasteiger partial charge in [-0.05, 0) is 24.3 Å². The van der Waals surface area contributed by atoms with Crippen LogP contribution >= 0.6 is 0 Å². The summed E-state index contributed by atoms with van der Waals surface area (Å²) in [7, 11) is 0. The van der Waals surface area contributed by atoms with Crippen LogP contribution in [0.1, 0.15) is 5.56 Å². The second-order valence-electron chi connectivity index (χ2n) is 4.56. The van der Waals surface area contributed by atoms with Gasteiger partial charge in [0.05, 0.1) is 17.3 Å². The zero-order valence-electron chi connectivity index (χ0n) is 10.4. The SMILES string of the molecule is N#Cc1ccc(N2C(=O)C3CNC(=O)CN3C2=O)cc1. The lowest BCUT2D eigenvalue weighted by molar-refractivity contribution is -0.126. The Balaban J connectivity index is 1.94. The van der Waals surface area contributed by atoms with Crippen molar-refractivity contribution in [2.24, 2.45) is 0 Å². The summed E-state index contributed by atoms with van der Waals surface area (Å²) in [6, 6.07) is 6.99. The average molecular weight is 270 g/mol. The van der Waals surface area contributed by atoms with Crippen molar-refractivity contribution in [2.45, 2.75) is 6.04 Å². The van der Waals surface area contributed by atoms with Gasteiger partial charge in [-0.15, -0.1) is 0 Å². The van der Waals surface area contributed by atoms with Crippen molar-refractivity contribution in [3.63, 3.8) is 0 Å². The first-order chi connectivity index (χ1) is 9.61. The number of anilines is 1. The molecule has 3 rings (SSSR count). The number of carbonyl (C=O) groups is 3. The summed E-state index contributed by atoms with van der Waals surface area (Å²) in [5.41, 5.74) is 0.850. The van der Waals surface area contributed by atoms with Gasteiger partial charge in [-0.3, -0.25) is 9.59 Å². The molecule has 2 aliphatic rings. The molecule has 7 nitrogen and oxygen atoms in total. The van der Waals surface area contributed by atoms with Gasteiger partial charge < -0.3 is 10.2 Å². The largest absolute Gasteiger partial charge is 0.352 e. The smallest absolute Gasteiger partial charge is 0.332 e. The number of nitriles is 1. The molecule has 1 aromatic rings. The third kappa shape index (κ3) is 1.70. The standard InChI is InChI=1S/C13H10N4O3/c14-5-8-1-3-9(4-2-8)17-12(19)10-6-15-11(18)7-16(10)13(17)20/h1-4,10H,6-7H2,(H,15,18). The number of carbonyl (C=O) groups excluding carboxylic acids is 3. The zero-order valence-corrected chi connectivity index (χ0v) is 10.4. The number of nitrogens with one attached hydrogen (secondary N) is 1. The molecular weight excluding hydrogens is 260 g/mol. The monoisotopic (exact) mass is 270 g/mol. The molecule has 1 unspecified atom stereocenters. The zero-order chi connectivity index (χ0) is 14.3. The molecule has 0 saturated carbocycles. The summed E-state index contributed by atoms with van der Waals surface area (Å²) in [6.45, 7) is 0.0260. The van der Waals surface area contributed by atoms with E-state index in [1.165, 1.54) is 17.0 Å². The molecule has 0 radical (unpaired) electrons. The Bertz CT molecular complexity index is 647. The van der Waals surface area contributed by atoms with Crippen LogP contribution < -0.4 is 10.2 Å². The number of imide groups is 1. The van der Waals surface area contributed by atoms with Crippen LogP contribution in [-0.2, 0) is 9.59 Å². The predicted molar refractivity (Wildman–Crippen MR) is 67.5 cm³/mol. The van der Waals surface area contributed by atoms with E-state index in [9.17, 15) is 14.4 Å². The molecule has 0 spiro atoms. The van der Waals surface area contributed by atoms with Gasteiger partial charge >= 0.3 is 6.03 Å². The Hall–Kier alpha value is -2.88. The average Bonchev–Trinajstić information content (AvgIpc) is 2.71. The third-order valence-corrected chi connectivity index (χ3v) is 3.38. The van der Waals surface area contributed by atoms with Crippen molar-refractivity contribution in [1.82, 2.24) is 10.2 Å². The van der Waals surface area contributed by atoms with Crippen LogP contribution in [-0.4, -0.2) is 41.9 Å². The normalized spacial score (nSPS) is 21.6. The maximum Gasteiger partial charge on any atom is 0.332 e. The van der Waals surface area contributed by atoms with E-state index in [1.54, 1.807) is 12.1 Å². The van der Waals surface area contributed by atoms with Crippen LogP contribution in [0.4, 0.5) is 10.5 Å². The Morgan fingerprint density at radius 1 is 1.20 bits per heavy atom. The fourth-order valence-electron chi connectivity index (χ4n) is 2.36. The number of hydrogen-bond donors (Lipinski definition) is 1. The second kappa shape index (κ2) is 4.35. The molecular formula is C13H10N4O3. The van der Waals surface area contributed by atoms with Gasteiger partial charge in [-0.1, -0.05) is 0 Å². The molecule has 1 N–H and O–H groups in total. The van der Waals surface area contributed by atoms with Crippen LogP contribution in [0.2, 0.25) is 0 Å². The minimum Gasteiger partial charge on any atom is -0.352 e. The first-order valence-corrected chi connectivity index (χ1v) is 6.03. The van der Waals surface area contributed by atoms with Crippen molar-refractivity contribution in [2.75, 3.05) is 18.0 Å². The number of amides is 4. The molecule has 100 valence electrons. The highest BCUT2D eigenvalue weighted by atomic mass is 16.2. The van der Waals surface area contributed by atoms with Crippen molar-refractivity contribution in [1.29, 1.82) is 5.26 Å². The quantitative estimate of drug-likeness (QED) is 0.717. The van der Waals surface area contributed by atoms with E-state index >= 15 is 0 Å². The van der Waals surface area contributed by atoms with Crippen molar-refractivity contribution >= 4 is 23.5 Å². The summed E-state index contributed by atoms with van der Waals surface area (Å²) < 4.78 is 0. The minimum atomic E-state index is -0.643. The summed E-state index contributed by atoms with van der Waals surface area (Å²) in [5.74, 6) is -0.635. The number of fused-ring (bicyclic) bond motifs is 1. The van der Waals surface area contributed by atoms with E-state index in [1.807, 2.05) is 6.07 Å². The molecule has 2 aliphatic heterocycles. The van der Waals surface area contributed by atoms with Gasteiger partial charge in [-0.2, -0.15) is 5.26 Å². The van der Waals surface area contributed by atoms with Crippen molar-refractivity contribution in [3.05, 3.63) is 29.8 Å². The van der Waals surface area contributed by atoms with Gasteiger partial charge in [0.15, 0.2) is 0 Å². The molecule has 1 aromatic carbocycles. The number of piperazine rings is 1. The molecule has 2 heterocycles. The molecule has 2 saturated heterocycles. The highest BCUT2D eigenvalue weighted by Gasteiger charge is 2.48. The van der Waals surface area contributed by atoms with Crippen LogP contribution in [0.3, 0.4) is 0 Å². The lowest BCUT2D eigenvalue weighted by atomic mass is 10.2. The minimum absolute atomic E-state index is 0.109. The summed E-state index contributed by atoms with van der Waals surface area (Å²) >= 11 is 0. The Morgan fingerprint density at radius 2 is 1.90 bits per heavy atom. The van der Waals surface area contributed by atoms with Gasteiger partial charge in [0.1, 0.15) is 12.6 Å². The highest BCUT2D eigenvalue weighted by molar-refractivity contribution is 6.22. The first kappa shape index (κ1) is 12.2. The lowest BCUT2D eigenvalue weighted by Gasteiger charge is -2.26. The molecule has 0 aromatic heterocycles. The molecule has 2 fully saturated rings. The number of nitrogens with zero attached hydrogens (tertiary/aromatic N) is 3. The fraction of sp³-hybridized carbons (Fsp3) is 0.231. The van der Waals surface area contributed by atoms with E-state index in [-0.39, 0.29) is 24.9 Å². The van der Waals surface area contributed by atoms with Crippen LogP contribution in [0.5, 0.6) is 0 Å². The predicted octanol–water partition coefficient (Wildman–Crippen LogP) is -0.175. The number of hydrogen-bond acceptors (Lipinski definition) is 4. The van der Waals surface area contributed by atoms with Crippen LogP contribution in [0.15, 0.2) is 24.3 Å². The van der Waals surface area contributed by atoms with Gasteiger partial charge in [0, 0.05) is 6.54 Å². The summed E-state index contributed by atoms with van der Waals surface area (Å²) in [6.07, 6.45) is 0. The fourth-order valence-corrected chi connectivity index (χ4v) is 2.36. The molecule has 7 heteroatoms. The van der Waals surface area contributed by atoms with Gasteiger partial charge in [0.2, 0.25) is 5.91 Å². The van der Waals surface area contributed by atoms with E-state index < -0.39 is 12.1 Å². The maximum atomic E-state index is 12.3. The maximum absolute atomic E-state index is 12.3. The molecule has 0 aliphatic carbocycles. The number of urea groups is 1. The molecule has 20 heavy (non-hydrogen) atoms. The Kier molecular flexibility index (Phi) is 2.64. The number of benzene rings is 1. The van der Waals surface area contributed by atoms with Crippen LogP contribution in [0.25, 0.3) is 0 Å². The first-order valence-electron chi connectivity index (χ1n) is 6.03. The van der Waals surface area contributed by atoms with E-state index in [2.05, 4.69) is 5.32 Å². The Labute approximate surface area is 114 Å². The second-order valence-corrected chi connectivity index (χ2v) is 4.56. The van der Waals surface area contributed by atoms with E-state index in [0.29, 0.717) is 11.3 Å². The summed E-state index contributed by atoms with van der Waals surface area (Å²) in [5, 5.41) is 11.3. The van der Waals surface area contributed by atoms with Crippen molar-refractivity contribution < 1.29 is 14.4 Å². The highest BCUT2D eigenvalue weighted by Crippen LogP contribution is 2.26. The van der Waals surface area contributed by atoms with Crippen LogP contribution in [0, 0.1) is 11.3 Å². The number of rotatable bonds is 1. The molecule has 0 bridgehead atoms.